The van der Waals surface area contributed by atoms with E-state index in [1.807, 2.05) is 11.5 Å². The number of piperidine rings is 1. The number of halogens is 5. The number of hydrogen-bond donors (Lipinski definition) is 2. The summed E-state index contributed by atoms with van der Waals surface area (Å²) in [6.07, 6.45) is 1.51. The van der Waals surface area contributed by atoms with Gasteiger partial charge in [0.2, 0.25) is 11.8 Å². The van der Waals surface area contributed by atoms with Gasteiger partial charge >= 0.3 is 12.1 Å². The van der Waals surface area contributed by atoms with Crippen LogP contribution in [0.4, 0.5) is 29.3 Å². The highest BCUT2D eigenvalue weighted by Crippen LogP contribution is 2.42. The summed E-state index contributed by atoms with van der Waals surface area (Å²) < 4.78 is 62.3. The van der Waals surface area contributed by atoms with Crippen molar-refractivity contribution < 1.29 is 32.2 Å². The standard InChI is InChI=1S/C33H33ClF4N6O3/c1-17(19-3-2-4-19)39-28-27-29(41-30(40-28)31(45)46)42-32(43(27)16-18-5-7-20(8-6-18)33(36,37)38)44-21-9-10-22(44)14-24(13-21)47-23-11-12-25(34)26(35)15-23/h5-8,11-12,15,17,19,21-22,24H,2-4,9-10,13-14,16H2,1H3,(H,45,46)(H,39,40,41)/t17-,21-,22+,24?/m1/s1. The summed E-state index contributed by atoms with van der Waals surface area (Å²) in [5.74, 6) is -0.569. The van der Waals surface area contributed by atoms with Crippen LogP contribution in [0.3, 0.4) is 0 Å². The van der Waals surface area contributed by atoms with E-state index in [1.54, 1.807) is 6.07 Å². The van der Waals surface area contributed by atoms with E-state index in [9.17, 15) is 27.5 Å². The van der Waals surface area contributed by atoms with Gasteiger partial charge in [-0.05, 0) is 68.4 Å². The van der Waals surface area contributed by atoms with Crippen LogP contribution < -0.4 is 15.0 Å². The summed E-state index contributed by atoms with van der Waals surface area (Å²) in [6, 6.07) is 9.36. The maximum absolute atomic E-state index is 14.1. The topological polar surface area (TPSA) is 105 Å². The SMILES string of the molecule is C[C@@H](Nc1nc(C(=O)O)nc2nc(N3[C@@H]4CC[C@H]3CC(Oc3ccc(Cl)c(F)c3)C4)n(Cc3ccc(C(F)(F)F)cc3)c12)C1CCC1. The van der Waals surface area contributed by atoms with Crippen LogP contribution in [0.15, 0.2) is 42.5 Å². The van der Waals surface area contributed by atoms with Crippen LogP contribution in [0.5, 0.6) is 5.75 Å². The highest BCUT2D eigenvalue weighted by molar-refractivity contribution is 6.30. The smallest absolute Gasteiger partial charge is 0.416 e. The molecule has 0 spiro atoms. The molecule has 4 aromatic rings. The molecule has 2 bridgehead atoms. The summed E-state index contributed by atoms with van der Waals surface area (Å²) in [5.41, 5.74) is 0.542. The normalized spacial score (nSPS) is 21.9. The molecule has 0 radical (unpaired) electrons. The highest BCUT2D eigenvalue weighted by atomic mass is 35.5. The molecule has 2 saturated heterocycles. The lowest BCUT2D eigenvalue weighted by Crippen LogP contribution is -2.47. The van der Waals surface area contributed by atoms with Gasteiger partial charge in [-0.25, -0.2) is 19.2 Å². The molecule has 0 amide bonds. The molecule has 7 rings (SSSR count). The van der Waals surface area contributed by atoms with Gasteiger partial charge in [-0.15, -0.1) is 0 Å². The monoisotopic (exact) mass is 672 g/mol. The Morgan fingerprint density at radius 1 is 1.06 bits per heavy atom. The van der Waals surface area contributed by atoms with Gasteiger partial charge in [-0.3, -0.25) is 0 Å². The lowest BCUT2D eigenvalue weighted by Gasteiger charge is -2.39. The fourth-order valence-corrected chi connectivity index (χ4v) is 7.23. The molecule has 1 aliphatic carbocycles. The number of carboxylic acids is 1. The fraction of sp³-hybridized carbons (Fsp3) is 0.455. The summed E-state index contributed by atoms with van der Waals surface area (Å²) in [5, 5.41) is 13.3. The number of carbonyl (C=O) groups is 1. The zero-order valence-corrected chi connectivity index (χ0v) is 26.2. The summed E-state index contributed by atoms with van der Waals surface area (Å²) >= 11 is 5.85. The lowest BCUT2D eigenvalue weighted by molar-refractivity contribution is -0.137. The molecule has 2 aromatic heterocycles. The number of aromatic carboxylic acids is 1. The molecule has 3 aliphatic rings. The summed E-state index contributed by atoms with van der Waals surface area (Å²) in [6.45, 7) is 2.19. The third-order valence-electron chi connectivity index (χ3n) is 9.73. The van der Waals surface area contributed by atoms with Gasteiger partial charge in [0, 0.05) is 37.0 Å². The Balaban J connectivity index is 1.28. The number of alkyl halides is 3. The molecule has 3 fully saturated rings. The number of rotatable bonds is 9. The van der Waals surface area contributed by atoms with Gasteiger partial charge in [-0.1, -0.05) is 30.2 Å². The van der Waals surface area contributed by atoms with Crippen LogP contribution in [0.25, 0.3) is 11.2 Å². The van der Waals surface area contributed by atoms with Gasteiger partial charge in [0.25, 0.3) is 0 Å². The van der Waals surface area contributed by atoms with Gasteiger partial charge in [-0.2, -0.15) is 18.2 Å². The second-order valence-corrected chi connectivity index (χ2v) is 13.2. The fourth-order valence-electron chi connectivity index (χ4n) is 7.12. The molecule has 47 heavy (non-hydrogen) atoms. The van der Waals surface area contributed by atoms with Crippen molar-refractivity contribution in [3.63, 3.8) is 0 Å². The number of nitrogens with one attached hydrogen (secondary N) is 1. The van der Waals surface area contributed by atoms with E-state index >= 15 is 0 Å². The minimum absolute atomic E-state index is 0.00291. The van der Waals surface area contributed by atoms with Gasteiger partial charge in [0.05, 0.1) is 17.1 Å². The van der Waals surface area contributed by atoms with Crippen molar-refractivity contribution in [3.8, 4) is 5.75 Å². The molecule has 4 heterocycles. The molecule has 1 unspecified atom stereocenters. The van der Waals surface area contributed by atoms with Gasteiger partial charge < -0.3 is 24.6 Å². The largest absolute Gasteiger partial charge is 0.490 e. The molecule has 2 aliphatic heterocycles. The number of aromatic nitrogens is 4. The first-order valence-electron chi connectivity index (χ1n) is 15.8. The molecule has 248 valence electrons. The van der Waals surface area contributed by atoms with Crippen LogP contribution in [-0.2, 0) is 12.7 Å². The van der Waals surface area contributed by atoms with E-state index in [1.165, 1.54) is 24.3 Å². The van der Waals surface area contributed by atoms with Crippen molar-refractivity contribution in [1.82, 2.24) is 19.5 Å². The van der Waals surface area contributed by atoms with Crippen LogP contribution in [0.2, 0.25) is 5.02 Å². The Morgan fingerprint density at radius 3 is 2.36 bits per heavy atom. The molecule has 2 aromatic carbocycles. The zero-order valence-electron chi connectivity index (χ0n) is 25.5. The van der Waals surface area contributed by atoms with Gasteiger partial charge in [0.15, 0.2) is 11.5 Å². The van der Waals surface area contributed by atoms with Gasteiger partial charge in [0.1, 0.15) is 23.2 Å². The third kappa shape index (κ3) is 6.17. The predicted molar refractivity (Wildman–Crippen MR) is 168 cm³/mol. The second kappa shape index (κ2) is 12.1. The summed E-state index contributed by atoms with van der Waals surface area (Å²) in [7, 11) is 0. The Bertz CT molecular complexity index is 1800. The Morgan fingerprint density at radius 2 is 1.77 bits per heavy atom. The van der Waals surface area contributed by atoms with E-state index in [0.29, 0.717) is 47.4 Å². The molecule has 14 heteroatoms. The maximum atomic E-state index is 14.1. The van der Waals surface area contributed by atoms with E-state index < -0.39 is 29.4 Å². The number of anilines is 2. The van der Waals surface area contributed by atoms with Crippen molar-refractivity contribution in [2.24, 2.45) is 5.92 Å². The first-order valence-corrected chi connectivity index (χ1v) is 16.2. The molecular formula is C33H33ClF4N6O3. The summed E-state index contributed by atoms with van der Waals surface area (Å²) in [4.78, 5) is 27.9. The molecular weight excluding hydrogens is 640 g/mol. The van der Waals surface area contributed by atoms with Crippen molar-refractivity contribution >= 4 is 40.5 Å². The first kappa shape index (κ1) is 31.5. The van der Waals surface area contributed by atoms with Crippen molar-refractivity contribution in [1.29, 1.82) is 0 Å². The zero-order chi connectivity index (χ0) is 33.0. The molecule has 4 atom stereocenters. The number of imidazole rings is 1. The molecule has 1 saturated carbocycles. The lowest BCUT2D eigenvalue weighted by atomic mass is 9.80. The van der Waals surface area contributed by atoms with E-state index in [4.69, 9.17) is 21.3 Å². The van der Waals surface area contributed by atoms with Crippen LogP contribution in [0, 0.1) is 11.7 Å². The van der Waals surface area contributed by atoms with Crippen molar-refractivity contribution in [2.75, 3.05) is 10.2 Å². The molecule has 2 N–H and O–H groups in total. The number of fused-ring (bicyclic) bond motifs is 3. The number of carboxylic acid groups (broad SMARTS) is 1. The predicted octanol–water partition coefficient (Wildman–Crippen LogP) is 7.56. The van der Waals surface area contributed by atoms with E-state index in [0.717, 1.165) is 44.2 Å². The Kier molecular flexibility index (Phi) is 8.13. The van der Waals surface area contributed by atoms with Crippen molar-refractivity contribution in [2.45, 2.75) is 88.8 Å². The Labute approximate surface area is 272 Å². The Hall–Kier alpha value is -4.13. The van der Waals surface area contributed by atoms with Crippen LogP contribution in [-0.4, -0.2) is 54.8 Å². The van der Waals surface area contributed by atoms with Crippen molar-refractivity contribution in [3.05, 3.63) is 70.3 Å². The highest BCUT2D eigenvalue weighted by Gasteiger charge is 2.44. The van der Waals surface area contributed by atoms with E-state index in [-0.39, 0.29) is 41.4 Å². The third-order valence-corrected chi connectivity index (χ3v) is 10.0. The second-order valence-electron chi connectivity index (χ2n) is 12.8. The number of ether oxygens (including phenoxy) is 1. The maximum Gasteiger partial charge on any atom is 0.416 e. The first-order chi connectivity index (χ1) is 22.4. The molecule has 9 nitrogen and oxygen atoms in total. The average molecular weight is 673 g/mol. The van der Waals surface area contributed by atoms with Crippen LogP contribution >= 0.6 is 11.6 Å². The van der Waals surface area contributed by atoms with E-state index in [2.05, 4.69) is 20.2 Å². The minimum Gasteiger partial charge on any atom is -0.490 e. The minimum atomic E-state index is -4.47. The number of hydrogen-bond acceptors (Lipinski definition) is 7. The quantitative estimate of drug-likeness (QED) is 0.176. The number of nitrogens with zero attached hydrogens (tertiary/aromatic N) is 5. The number of benzene rings is 2. The average Bonchev–Trinajstić information content (AvgIpc) is 3.46. The van der Waals surface area contributed by atoms with Crippen LogP contribution in [0.1, 0.15) is 73.6 Å².